The smallest absolute Gasteiger partial charge is 0.237 e. The highest BCUT2D eigenvalue weighted by atomic mass is 32.2. The standard InChI is InChI=1S/C28H45NOS/c1-7-9-11-14-22-18-26(31-19-23(22)15-12-10-8-2)28(30)29-27-24(20(3)4)16-13-17-25(27)21(5)6/h13,16-17,20-21,26H,7-12,14-15,18-19H2,1-6H3,(H,29,30). The molecule has 0 bridgehead atoms. The van der Waals surface area contributed by atoms with Gasteiger partial charge in [0, 0.05) is 11.4 Å². The van der Waals surface area contributed by atoms with E-state index in [0.717, 1.165) is 17.9 Å². The van der Waals surface area contributed by atoms with Crippen LogP contribution in [0.15, 0.2) is 29.3 Å². The van der Waals surface area contributed by atoms with Crippen LogP contribution in [0.25, 0.3) is 0 Å². The number of rotatable bonds is 12. The van der Waals surface area contributed by atoms with Crippen molar-refractivity contribution in [3.8, 4) is 0 Å². The molecule has 0 saturated carbocycles. The van der Waals surface area contributed by atoms with E-state index in [1.165, 1.54) is 62.5 Å². The fourth-order valence-electron chi connectivity index (χ4n) is 4.50. The first-order valence-corrected chi connectivity index (χ1v) is 13.7. The van der Waals surface area contributed by atoms with E-state index >= 15 is 0 Å². The van der Waals surface area contributed by atoms with Crippen molar-refractivity contribution in [3.63, 3.8) is 0 Å². The third-order valence-electron chi connectivity index (χ3n) is 6.47. The number of hydrogen-bond donors (Lipinski definition) is 1. The van der Waals surface area contributed by atoms with Crippen LogP contribution >= 0.6 is 11.8 Å². The molecule has 31 heavy (non-hydrogen) atoms. The first-order chi connectivity index (χ1) is 14.9. The SMILES string of the molecule is CCCCCC1=C(CCCCC)CC(C(=O)Nc2c(C(C)C)cccc2C(C)C)SC1. The predicted molar refractivity (Wildman–Crippen MR) is 139 cm³/mol. The zero-order chi connectivity index (χ0) is 22.8. The maximum Gasteiger partial charge on any atom is 0.237 e. The summed E-state index contributed by atoms with van der Waals surface area (Å²) < 4.78 is 0. The average Bonchev–Trinajstić information content (AvgIpc) is 2.74. The van der Waals surface area contributed by atoms with Crippen LogP contribution in [0.3, 0.4) is 0 Å². The number of allylic oxidation sites excluding steroid dienone is 1. The van der Waals surface area contributed by atoms with Crippen LogP contribution in [0.5, 0.6) is 0 Å². The predicted octanol–water partition coefficient (Wildman–Crippen LogP) is 8.83. The Bertz CT molecular complexity index is 708. The second-order valence-electron chi connectivity index (χ2n) is 9.74. The van der Waals surface area contributed by atoms with Gasteiger partial charge in [0.25, 0.3) is 0 Å². The molecular formula is C28H45NOS. The summed E-state index contributed by atoms with van der Waals surface area (Å²) in [5.74, 6) is 2.01. The van der Waals surface area contributed by atoms with E-state index in [-0.39, 0.29) is 11.2 Å². The molecule has 0 radical (unpaired) electrons. The summed E-state index contributed by atoms with van der Waals surface area (Å²) >= 11 is 1.86. The molecule has 1 atom stereocenters. The highest BCUT2D eigenvalue weighted by Crippen LogP contribution is 2.37. The van der Waals surface area contributed by atoms with Gasteiger partial charge in [-0.2, -0.15) is 0 Å². The minimum absolute atomic E-state index is 0.0341. The van der Waals surface area contributed by atoms with Gasteiger partial charge >= 0.3 is 0 Å². The van der Waals surface area contributed by atoms with E-state index < -0.39 is 0 Å². The summed E-state index contributed by atoms with van der Waals surface area (Å²) in [7, 11) is 0. The minimum Gasteiger partial charge on any atom is -0.325 e. The maximum atomic E-state index is 13.4. The van der Waals surface area contributed by atoms with Gasteiger partial charge in [-0.05, 0) is 55.1 Å². The molecule has 0 spiro atoms. The molecule has 1 aliphatic rings. The van der Waals surface area contributed by atoms with Crippen LogP contribution in [0.2, 0.25) is 0 Å². The quantitative estimate of drug-likeness (QED) is 0.258. The van der Waals surface area contributed by atoms with E-state index in [9.17, 15) is 4.79 Å². The van der Waals surface area contributed by atoms with Crippen LogP contribution in [0.4, 0.5) is 5.69 Å². The first kappa shape index (κ1) is 26.0. The Hall–Kier alpha value is -1.22. The largest absolute Gasteiger partial charge is 0.325 e. The van der Waals surface area contributed by atoms with E-state index in [0.29, 0.717) is 11.8 Å². The minimum atomic E-state index is 0.0341. The van der Waals surface area contributed by atoms with Crippen molar-refractivity contribution in [1.29, 1.82) is 0 Å². The summed E-state index contributed by atoms with van der Waals surface area (Å²) in [6.45, 7) is 13.4. The Kier molecular flexibility index (Phi) is 11.2. The first-order valence-electron chi connectivity index (χ1n) is 12.6. The molecular weight excluding hydrogens is 398 g/mol. The highest BCUT2D eigenvalue weighted by molar-refractivity contribution is 8.00. The Labute approximate surface area is 196 Å². The van der Waals surface area contributed by atoms with E-state index in [4.69, 9.17) is 0 Å². The summed E-state index contributed by atoms with van der Waals surface area (Å²) in [6.07, 6.45) is 11.0. The van der Waals surface area contributed by atoms with Crippen molar-refractivity contribution < 1.29 is 4.79 Å². The number of thioether (sulfide) groups is 1. The number of unbranched alkanes of at least 4 members (excludes halogenated alkanes) is 4. The number of hydrogen-bond acceptors (Lipinski definition) is 2. The zero-order valence-corrected chi connectivity index (χ0v) is 21.7. The molecule has 174 valence electrons. The molecule has 3 heteroatoms. The van der Waals surface area contributed by atoms with Gasteiger partial charge in [-0.3, -0.25) is 4.79 Å². The van der Waals surface area contributed by atoms with Crippen LogP contribution in [-0.2, 0) is 4.79 Å². The fourth-order valence-corrected chi connectivity index (χ4v) is 5.78. The van der Waals surface area contributed by atoms with Gasteiger partial charge in [0.2, 0.25) is 5.91 Å². The topological polar surface area (TPSA) is 29.1 Å². The third-order valence-corrected chi connectivity index (χ3v) is 7.77. The molecule has 1 amide bonds. The molecule has 2 rings (SSSR count). The molecule has 1 unspecified atom stereocenters. The van der Waals surface area contributed by atoms with Crippen LogP contribution in [0, 0.1) is 0 Å². The van der Waals surface area contributed by atoms with E-state index in [1.807, 2.05) is 11.8 Å². The Balaban J connectivity index is 2.17. The fraction of sp³-hybridized carbons (Fsp3) is 0.679. The van der Waals surface area contributed by atoms with Gasteiger partial charge in [-0.1, -0.05) is 96.6 Å². The van der Waals surface area contributed by atoms with Crippen LogP contribution in [-0.4, -0.2) is 16.9 Å². The molecule has 1 heterocycles. The average molecular weight is 444 g/mol. The number of amides is 1. The van der Waals surface area contributed by atoms with E-state index in [2.05, 4.69) is 65.1 Å². The van der Waals surface area contributed by atoms with Crippen molar-refractivity contribution in [2.24, 2.45) is 0 Å². The summed E-state index contributed by atoms with van der Waals surface area (Å²) in [5.41, 5.74) is 6.79. The van der Waals surface area contributed by atoms with Crippen LogP contribution in [0.1, 0.15) is 122 Å². The van der Waals surface area contributed by atoms with Gasteiger partial charge in [0.1, 0.15) is 0 Å². The summed E-state index contributed by atoms with van der Waals surface area (Å²) in [4.78, 5) is 13.4. The van der Waals surface area contributed by atoms with Crippen molar-refractivity contribution in [3.05, 3.63) is 40.5 Å². The van der Waals surface area contributed by atoms with Gasteiger partial charge in [-0.15, -0.1) is 11.8 Å². The van der Waals surface area contributed by atoms with E-state index in [1.54, 1.807) is 11.1 Å². The normalized spacial score (nSPS) is 17.0. The lowest BCUT2D eigenvalue weighted by atomic mass is 9.92. The van der Waals surface area contributed by atoms with Crippen molar-refractivity contribution in [2.45, 2.75) is 116 Å². The molecule has 0 saturated heterocycles. The Morgan fingerprint density at radius 2 is 1.48 bits per heavy atom. The van der Waals surface area contributed by atoms with Gasteiger partial charge < -0.3 is 5.32 Å². The summed E-state index contributed by atoms with van der Waals surface area (Å²) in [6, 6.07) is 6.47. The van der Waals surface area contributed by atoms with Gasteiger partial charge in [0.05, 0.1) is 5.25 Å². The lowest BCUT2D eigenvalue weighted by Gasteiger charge is -2.28. The molecule has 0 aliphatic carbocycles. The molecule has 0 fully saturated rings. The second-order valence-corrected chi connectivity index (χ2v) is 10.9. The monoisotopic (exact) mass is 443 g/mol. The molecule has 1 aromatic rings. The molecule has 1 aliphatic heterocycles. The van der Waals surface area contributed by atoms with Gasteiger partial charge in [-0.25, -0.2) is 0 Å². The number of nitrogens with one attached hydrogen (secondary N) is 1. The molecule has 2 nitrogen and oxygen atoms in total. The number of benzene rings is 1. The van der Waals surface area contributed by atoms with Gasteiger partial charge in [0.15, 0.2) is 0 Å². The second kappa shape index (κ2) is 13.4. The molecule has 1 aromatic carbocycles. The molecule has 1 N–H and O–H groups in total. The number of carbonyl (C=O) groups is 1. The highest BCUT2D eigenvalue weighted by Gasteiger charge is 2.28. The Morgan fingerprint density at radius 1 is 0.935 bits per heavy atom. The zero-order valence-electron chi connectivity index (χ0n) is 20.9. The summed E-state index contributed by atoms with van der Waals surface area (Å²) in [5, 5.41) is 3.42. The third kappa shape index (κ3) is 7.70. The Morgan fingerprint density at radius 3 is 2.00 bits per heavy atom. The lowest BCUT2D eigenvalue weighted by Crippen LogP contribution is -2.30. The van der Waals surface area contributed by atoms with Crippen molar-refractivity contribution in [2.75, 3.05) is 11.1 Å². The number of para-hydroxylation sites is 1. The van der Waals surface area contributed by atoms with Crippen LogP contribution < -0.4 is 5.32 Å². The van der Waals surface area contributed by atoms with Crippen molar-refractivity contribution in [1.82, 2.24) is 0 Å². The molecule has 0 aromatic heterocycles. The van der Waals surface area contributed by atoms with Crippen molar-refractivity contribution >= 4 is 23.4 Å². The lowest BCUT2D eigenvalue weighted by molar-refractivity contribution is -0.115. The number of carbonyl (C=O) groups excluding carboxylic acids is 1. The maximum absolute atomic E-state index is 13.4. The number of anilines is 1.